The highest BCUT2D eigenvalue weighted by atomic mass is 32.2. The van der Waals surface area contributed by atoms with E-state index in [-0.39, 0.29) is 82.2 Å². The number of aromatic amines is 1. The minimum absolute atomic E-state index is 0.0177. The monoisotopic (exact) mass is 526 g/mol. The van der Waals surface area contributed by atoms with Gasteiger partial charge in [-0.05, 0) is 47.1 Å². The van der Waals surface area contributed by atoms with E-state index in [2.05, 4.69) is 50.0 Å². The number of carboxylic acid groups (broad SMARTS) is 1. The van der Waals surface area contributed by atoms with Gasteiger partial charge < -0.3 is 10.1 Å². The van der Waals surface area contributed by atoms with Crippen LogP contribution in [0.5, 0.6) is 0 Å². The van der Waals surface area contributed by atoms with Crippen LogP contribution in [0.3, 0.4) is 0 Å². The Morgan fingerprint density at radius 3 is 2.39 bits per heavy atom. The number of benzene rings is 1. The number of carbonyl (C=O) groups excluding carboxylic acids is 2. The molecule has 2 saturated carbocycles. The molecular formula is C27H30N2O5S2. The molecule has 2 aromatic rings. The molecule has 2 N–H and O–H groups in total. The maximum absolute atomic E-state index is 13.5. The van der Waals surface area contributed by atoms with Gasteiger partial charge >= 0.3 is 10.8 Å². The number of likely N-dealkylation sites (tertiary alicyclic amines) is 1. The molecular weight excluding hydrogens is 496 g/mol. The molecule has 190 valence electrons. The van der Waals surface area contributed by atoms with Gasteiger partial charge in [0, 0.05) is 29.0 Å². The van der Waals surface area contributed by atoms with Crippen LogP contribution in [0.4, 0.5) is 0 Å². The zero-order chi connectivity index (χ0) is 25.5. The summed E-state index contributed by atoms with van der Waals surface area (Å²) >= 11 is 2.96. The van der Waals surface area contributed by atoms with Gasteiger partial charge in [-0.25, -0.2) is 0 Å². The molecule has 1 saturated heterocycles. The Bertz CT molecular complexity index is 1310. The molecule has 7 nitrogen and oxygen atoms in total. The summed E-state index contributed by atoms with van der Waals surface area (Å²) in [6.07, 6.45) is 1.08. The normalized spacial score (nSPS) is 32.5. The van der Waals surface area contributed by atoms with E-state index in [0.29, 0.717) is 0 Å². The summed E-state index contributed by atoms with van der Waals surface area (Å²) < 4.78 is 0. The van der Waals surface area contributed by atoms with Crippen molar-refractivity contribution in [2.24, 2.45) is 29.6 Å². The second kappa shape index (κ2) is 8.31. The van der Waals surface area contributed by atoms with Crippen LogP contribution in [0.15, 0.2) is 34.1 Å². The number of nitrogens with one attached hydrogen (secondary N) is 1. The van der Waals surface area contributed by atoms with Gasteiger partial charge in [0.25, 0.3) is 0 Å². The van der Waals surface area contributed by atoms with Crippen LogP contribution in [-0.2, 0) is 19.8 Å². The topological polar surface area (TPSA) is 108 Å². The number of imide groups is 1. The van der Waals surface area contributed by atoms with E-state index in [1.165, 1.54) is 21.8 Å². The van der Waals surface area contributed by atoms with E-state index in [1.807, 2.05) is 0 Å². The van der Waals surface area contributed by atoms with E-state index < -0.39 is 5.97 Å². The fraction of sp³-hybridized carbons (Fsp3) is 0.556. The highest BCUT2D eigenvalue weighted by Crippen LogP contribution is 2.68. The first-order valence-corrected chi connectivity index (χ1v) is 14.3. The number of carbonyl (C=O) groups is 3. The van der Waals surface area contributed by atoms with Crippen molar-refractivity contribution in [1.82, 2.24) is 9.88 Å². The lowest BCUT2D eigenvalue weighted by Gasteiger charge is -2.43. The molecule has 6 rings (SSSR count). The van der Waals surface area contributed by atoms with Gasteiger partial charge in [-0.1, -0.05) is 56.4 Å². The third kappa shape index (κ3) is 3.53. The highest BCUT2D eigenvalue weighted by molar-refractivity contribution is 8.00. The number of hydrogen-bond acceptors (Lipinski definition) is 6. The van der Waals surface area contributed by atoms with E-state index >= 15 is 0 Å². The minimum Gasteiger partial charge on any atom is -0.481 e. The maximum atomic E-state index is 13.5. The van der Waals surface area contributed by atoms with Crippen molar-refractivity contribution in [2.45, 2.75) is 61.6 Å². The first-order chi connectivity index (χ1) is 17.1. The predicted molar refractivity (Wildman–Crippen MR) is 137 cm³/mol. The summed E-state index contributed by atoms with van der Waals surface area (Å²) in [6, 6.07) is 8.70. The minimum atomic E-state index is -0.919. The Balaban J connectivity index is 1.36. The van der Waals surface area contributed by atoms with Crippen molar-refractivity contribution in [3.05, 3.63) is 49.9 Å². The molecule has 2 bridgehead atoms. The average Bonchev–Trinajstić information content (AvgIpc) is 3.53. The number of hydrogen-bond donors (Lipinski definition) is 2. The molecule has 9 heteroatoms. The van der Waals surface area contributed by atoms with Crippen molar-refractivity contribution >= 4 is 40.9 Å². The zero-order valence-electron chi connectivity index (χ0n) is 20.5. The SMILES string of the molecule is CC(C)(C)c1ccc(C2c3sc(=O)[nH]c3S[C@H]3C2[C@H]2C[C@H]3[C@@H]3C(=O)N(CCCC(=O)O)C(=O)[C@@H]32)cc1. The van der Waals surface area contributed by atoms with E-state index in [9.17, 15) is 19.2 Å². The average molecular weight is 527 g/mol. The molecule has 1 aromatic heterocycles. The number of amides is 2. The van der Waals surface area contributed by atoms with Crippen LogP contribution >= 0.6 is 23.1 Å². The number of carboxylic acids is 1. The van der Waals surface area contributed by atoms with E-state index in [0.717, 1.165) is 21.9 Å². The molecule has 2 aliphatic carbocycles. The summed E-state index contributed by atoms with van der Waals surface area (Å²) in [5.74, 6) is -1.46. The second-order valence-corrected chi connectivity index (χ2v) is 13.9. The van der Waals surface area contributed by atoms with Crippen LogP contribution in [0.2, 0.25) is 0 Å². The lowest BCUT2D eigenvalue weighted by atomic mass is 9.68. The predicted octanol–water partition coefficient (Wildman–Crippen LogP) is 4.07. The van der Waals surface area contributed by atoms with Crippen molar-refractivity contribution in [1.29, 1.82) is 0 Å². The Hall–Kier alpha value is -2.39. The highest BCUT2D eigenvalue weighted by Gasteiger charge is 2.69. The van der Waals surface area contributed by atoms with Crippen molar-refractivity contribution < 1.29 is 19.5 Å². The van der Waals surface area contributed by atoms with Crippen LogP contribution in [0.1, 0.15) is 62.0 Å². The number of aliphatic carboxylic acids is 1. The fourth-order valence-corrected chi connectivity index (χ4v) is 10.1. The van der Waals surface area contributed by atoms with Crippen molar-refractivity contribution in [2.75, 3.05) is 6.54 Å². The summed E-state index contributed by atoms with van der Waals surface area (Å²) in [4.78, 5) is 55.6. The molecule has 2 amide bonds. The number of aromatic nitrogens is 1. The van der Waals surface area contributed by atoms with Gasteiger partial charge in [0.05, 0.1) is 16.9 Å². The van der Waals surface area contributed by atoms with Gasteiger partial charge in [-0.15, -0.1) is 11.8 Å². The summed E-state index contributed by atoms with van der Waals surface area (Å²) in [5.41, 5.74) is 2.44. The lowest BCUT2D eigenvalue weighted by Crippen LogP contribution is -2.42. The lowest BCUT2D eigenvalue weighted by molar-refractivity contribution is -0.142. The van der Waals surface area contributed by atoms with Crippen molar-refractivity contribution in [3.63, 3.8) is 0 Å². The molecule has 36 heavy (non-hydrogen) atoms. The third-order valence-corrected chi connectivity index (χ3v) is 11.3. The Morgan fingerprint density at radius 1 is 1.08 bits per heavy atom. The van der Waals surface area contributed by atoms with Gasteiger partial charge in [-0.2, -0.15) is 0 Å². The molecule has 3 heterocycles. The van der Waals surface area contributed by atoms with Crippen LogP contribution in [0.25, 0.3) is 0 Å². The van der Waals surface area contributed by atoms with Crippen molar-refractivity contribution in [3.8, 4) is 0 Å². The third-order valence-electron chi connectivity index (χ3n) is 8.72. The Morgan fingerprint density at radius 2 is 1.75 bits per heavy atom. The van der Waals surface area contributed by atoms with E-state index in [1.54, 1.807) is 11.8 Å². The van der Waals surface area contributed by atoms with Gasteiger partial charge in [0.1, 0.15) is 0 Å². The molecule has 2 aliphatic heterocycles. The largest absolute Gasteiger partial charge is 0.481 e. The number of thioether (sulfide) groups is 1. The van der Waals surface area contributed by atoms with E-state index in [4.69, 9.17) is 5.11 Å². The number of H-pyrrole nitrogens is 1. The first-order valence-electron chi connectivity index (χ1n) is 12.6. The zero-order valence-corrected chi connectivity index (χ0v) is 22.2. The Kier molecular flexibility index (Phi) is 5.54. The maximum Gasteiger partial charge on any atom is 0.305 e. The molecule has 2 unspecified atom stereocenters. The van der Waals surface area contributed by atoms with Crippen LogP contribution < -0.4 is 4.87 Å². The molecule has 3 fully saturated rings. The van der Waals surface area contributed by atoms with Gasteiger partial charge in [-0.3, -0.25) is 24.1 Å². The number of nitrogens with zero attached hydrogens (tertiary/aromatic N) is 1. The molecule has 7 atom stereocenters. The molecule has 4 aliphatic rings. The fourth-order valence-electron chi connectivity index (χ4n) is 7.25. The molecule has 0 radical (unpaired) electrons. The standard InChI is InChI=1S/C27H30N2O5S2/c1-27(2,3)13-8-6-12(7-9-13)17-18-14-11-15(21(18)35-23-22(17)36-26(34)28-23)20-19(14)24(32)29(25(20)33)10-4-5-16(30)31/h6-9,14-15,17-21H,4-5,10-11H2,1-3H3,(H,28,34)(H,30,31)/t14-,15+,17?,18?,19-,20+,21-/m1/s1. The van der Waals surface area contributed by atoms with Crippen LogP contribution in [-0.4, -0.2) is 44.6 Å². The number of fused-ring (bicyclic) bond motifs is 9. The van der Waals surface area contributed by atoms with Gasteiger partial charge in [0.2, 0.25) is 11.8 Å². The first kappa shape index (κ1) is 24.0. The molecule has 1 aromatic carbocycles. The quantitative estimate of drug-likeness (QED) is 0.569. The Labute approximate surface area is 217 Å². The number of rotatable bonds is 5. The second-order valence-electron chi connectivity index (χ2n) is 11.7. The summed E-state index contributed by atoms with van der Waals surface area (Å²) in [7, 11) is 0. The number of thiazole rings is 1. The van der Waals surface area contributed by atoms with Gasteiger partial charge in [0.15, 0.2) is 0 Å². The summed E-state index contributed by atoms with van der Waals surface area (Å²) in [6.45, 7) is 6.74. The summed E-state index contributed by atoms with van der Waals surface area (Å²) in [5, 5.41) is 10.1. The molecule has 0 spiro atoms. The smallest absolute Gasteiger partial charge is 0.305 e. The van der Waals surface area contributed by atoms with Crippen LogP contribution in [0, 0.1) is 29.6 Å².